The molecule has 0 N–H and O–H groups in total. The van der Waals surface area contributed by atoms with Crippen molar-refractivity contribution >= 4 is 23.1 Å². The highest BCUT2D eigenvalue weighted by Crippen LogP contribution is 2.39. The Balaban J connectivity index is 2.38. The number of para-hydroxylation sites is 2. The summed E-state index contributed by atoms with van der Waals surface area (Å²) in [6.07, 6.45) is 3.86. The van der Waals surface area contributed by atoms with Gasteiger partial charge in [-0.3, -0.25) is 0 Å². The zero-order chi connectivity index (χ0) is 13.2. The first-order valence-electron chi connectivity index (χ1n) is 5.78. The SMILES string of the molecule is N#CN1c2ccccc2C=C(N=O)c2ccccc21. The Kier molecular flexibility index (Phi) is 2.58. The molecule has 0 aromatic heterocycles. The van der Waals surface area contributed by atoms with Gasteiger partial charge >= 0.3 is 0 Å². The summed E-state index contributed by atoms with van der Waals surface area (Å²) < 4.78 is 0. The van der Waals surface area contributed by atoms with Gasteiger partial charge in [0.25, 0.3) is 0 Å². The van der Waals surface area contributed by atoms with Crippen LogP contribution in [0.1, 0.15) is 11.1 Å². The molecule has 0 saturated carbocycles. The lowest BCUT2D eigenvalue weighted by Crippen LogP contribution is -2.10. The van der Waals surface area contributed by atoms with E-state index in [-0.39, 0.29) is 0 Å². The molecule has 4 heteroatoms. The van der Waals surface area contributed by atoms with Gasteiger partial charge in [0.05, 0.1) is 11.4 Å². The summed E-state index contributed by atoms with van der Waals surface area (Å²) in [6.45, 7) is 0. The smallest absolute Gasteiger partial charge is 0.189 e. The molecule has 0 atom stereocenters. The van der Waals surface area contributed by atoms with E-state index in [0.29, 0.717) is 16.9 Å². The van der Waals surface area contributed by atoms with E-state index < -0.39 is 0 Å². The topological polar surface area (TPSA) is 56.5 Å². The number of anilines is 2. The molecule has 0 radical (unpaired) electrons. The first kappa shape index (κ1) is 11.2. The van der Waals surface area contributed by atoms with E-state index in [1.165, 1.54) is 4.90 Å². The fourth-order valence-electron chi connectivity index (χ4n) is 2.24. The van der Waals surface area contributed by atoms with Gasteiger partial charge in [-0.1, -0.05) is 36.4 Å². The quantitative estimate of drug-likeness (QED) is 0.567. The van der Waals surface area contributed by atoms with Gasteiger partial charge < -0.3 is 0 Å². The number of benzene rings is 2. The molecule has 0 fully saturated rings. The van der Waals surface area contributed by atoms with Gasteiger partial charge in [0.15, 0.2) is 6.19 Å². The molecule has 2 aromatic carbocycles. The normalized spacial score (nSPS) is 12.6. The van der Waals surface area contributed by atoms with Gasteiger partial charge in [-0.2, -0.15) is 5.26 Å². The molecule has 4 nitrogen and oxygen atoms in total. The van der Waals surface area contributed by atoms with Crippen molar-refractivity contribution in [2.24, 2.45) is 5.18 Å². The molecule has 0 spiro atoms. The first-order valence-corrected chi connectivity index (χ1v) is 5.78. The number of nitroso groups, excluding NO2 is 1. The van der Waals surface area contributed by atoms with Crippen LogP contribution in [0, 0.1) is 16.4 Å². The molecule has 1 heterocycles. The average Bonchev–Trinajstić information content (AvgIpc) is 2.61. The van der Waals surface area contributed by atoms with Gasteiger partial charge in [0.1, 0.15) is 5.70 Å². The molecule has 1 aliphatic heterocycles. The van der Waals surface area contributed by atoms with Gasteiger partial charge in [-0.25, -0.2) is 4.90 Å². The van der Waals surface area contributed by atoms with Crippen molar-refractivity contribution in [3.05, 3.63) is 64.6 Å². The number of nitrogens with zero attached hydrogens (tertiary/aromatic N) is 3. The minimum atomic E-state index is 0.334. The molecule has 19 heavy (non-hydrogen) atoms. The molecule has 2 aromatic rings. The van der Waals surface area contributed by atoms with E-state index in [0.717, 1.165) is 11.3 Å². The second kappa shape index (κ2) is 4.39. The van der Waals surface area contributed by atoms with Crippen LogP contribution in [0.2, 0.25) is 0 Å². The van der Waals surface area contributed by atoms with Crippen LogP contribution in [0.15, 0.2) is 53.7 Å². The number of fused-ring (bicyclic) bond motifs is 2. The van der Waals surface area contributed by atoms with Crippen molar-refractivity contribution in [1.82, 2.24) is 0 Å². The molecule has 0 unspecified atom stereocenters. The second-order valence-corrected chi connectivity index (χ2v) is 4.13. The lowest BCUT2D eigenvalue weighted by Gasteiger charge is -2.17. The molecular formula is C15H9N3O. The van der Waals surface area contributed by atoms with Gasteiger partial charge in [-0.05, 0) is 23.4 Å². The summed E-state index contributed by atoms with van der Waals surface area (Å²) in [6, 6.07) is 14.7. The molecular weight excluding hydrogens is 238 g/mol. The Bertz CT molecular complexity index is 728. The number of nitriles is 1. The Labute approximate surface area is 110 Å². The van der Waals surface area contributed by atoms with Crippen molar-refractivity contribution in [2.45, 2.75) is 0 Å². The lowest BCUT2D eigenvalue weighted by atomic mass is 10.1. The third-order valence-corrected chi connectivity index (χ3v) is 3.09. The molecule has 0 saturated heterocycles. The van der Waals surface area contributed by atoms with Gasteiger partial charge in [0, 0.05) is 11.1 Å². The molecule has 1 aliphatic rings. The maximum Gasteiger partial charge on any atom is 0.189 e. The van der Waals surface area contributed by atoms with Crippen LogP contribution >= 0.6 is 0 Å². The van der Waals surface area contributed by atoms with Crippen LogP contribution in [0.5, 0.6) is 0 Å². The highest BCUT2D eigenvalue weighted by atomic mass is 16.3. The minimum absolute atomic E-state index is 0.334. The third kappa shape index (κ3) is 1.69. The highest BCUT2D eigenvalue weighted by molar-refractivity contribution is 5.95. The average molecular weight is 247 g/mol. The molecule has 0 amide bonds. The molecule has 0 bridgehead atoms. The lowest BCUT2D eigenvalue weighted by molar-refractivity contribution is 1.26. The molecule has 90 valence electrons. The number of hydrogen-bond acceptors (Lipinski definition) is 4. The first-order chi connectivity index (χ1) is 9.35. The van der Waals surface area contributed by atoms with E-state index in [4.69, 9.17) is 0 Å². The van der Waals surface area contributed by atoms with Crippen LogP contribution in [-0.4, -0.2) is 0 Å². The highest BCUT2D eigenvalue weighted by Gasteiger charge is 2.21. The third-order valence-electron chi connectivity index (χ3n) is 3.09. The summed E-state index contributed by atoms with van der Waals surface area (Å²) in [5.41, 5.74) is 3.21. The summed E-state index contributed by atoms with van der Waals surface area (Å²) in [7, 11) is 0. The zero-order valence-electron chi connectivity index (χ0n) is 9.95. The maximum absolute atomic E-state index is 11.1. The predicted molar refractivity (Wildman–Crippen MR) is 74.3 cm³/mol. The Morgan fingerprint density at radius 3 is 2.42 bits per heavy atom. The predicted octanol–water partition coefficient (Wildman–Crippen LogP) is 3.88. The van der Waals surface area contributed by atoms with E-state index in [9.17, 15) is 10.2 Å². The van der Waals surface area contributed by atoms with Crippen LogP contribution in [0.3, 0.4) is 0 Å². The standard InChI is InChI=1S/C15H9N3O/c16-10-18-14-7-3-1-5-11(14)9-13(17-19)12-6-2-4-8-15(12)18/h1-9H. The van der Waals surface area contributed by atoms with Crippen LogP contribution in [0.4, 0.5) is 11.4 Å². The van der Waals surface area contributed by atoms with Crippen molar-refractivity contribution in [3.8, 4) is 6.19 Å². The van der Waals surface area contributed by atoms with Crippen LogP contribution in [0.25, 0.3) is 11.8 Å². The van der Waals surface area contributed by atoms with E-state index in [1.54, 1.807) is 18.2 Å². The largest absolute Gasteiger partial charge is 0.246 e. The van der Waals surface area contributed by atoms with Gasteiger partial charge in [-0.15, -0.1) is 4.91 Å². The number of rotatable bonds is 1. The van der Waals surface area contributed by atoms with Crippen LogP contribution < -0.4 is 4.90 Å². The fourth-order valence-corrected chi connectivity index (χ4v) is 2.24. The van der Waals surface area contributed by atoms with Crippen molar-refractivity contribution < 1.29 is 0 Å². The summed E-state index contributed by atoms with van der Waals surface area (Å²) in [5, 5.41) is 12.5. The van der Waals surface area contributed by atoms with Crippen molar-refractivity contribution in [3.63, 3.8) is 0 Å². The summed E-state index contributed by atoms with van der Waals surface area (Å²) in [4.78, 5) is 12.6. The van der Waals surface area contributed by atoms with E-state index in [1.807, 2.05) is 36.4 Å². The Morgan fingerprint density at radius 1 is 1.00 bits per heavy atom. The summed E-state index contributed by atoms with van der Waals surface area (Å²) >= 11 is 0. The summed E-state index contributed by atoms with van der Waals surface area (Å²) in [5.74, 6) is 0. The molecule has 3 rings (SSSR count). The Hall–Kier alpha value is -2.93. The van der Waals surface area contributed by atoms with Crippen molar-refractivity contribution in [1.29, 1.82) is 5.26 Å². The minimum Gasteiger partial charge on any atom is -0.246 e. The fraction of sp³-hybridized carbons (Fsp3) is 0. The van der Waals surface area contributed by atoms with Crippen molar-refractivity contribution in [2.75, 3.05) is 4.90 Å². The molecule has 0 aliphatic carbocycles. The maximum atomic E-state index is 11.1. The second-order valence-electron chi connectivity index (χ2n) is 4.13. The Morgan fingerprint density at radius 2 is 1.68 bits per heavy atom. The van der Waals surface area contributed by atoms with Gasteiger partial charge in [0.2, 0.25) is 0 Å². The number of hydrogen-bond donors (Lipinski definition) is 0. The monoisotopic (exact) mass is 247 g/mol. The zero-order valence-corrected chi connectivity index (χ0v) is 9.95. The van der Waals surface area contributed by atoms with Crippen LogP contribution in [-0.2, 0) is 0 Å². The van der Waals surface area contributed by atoms with E-state index >= 15 is 0 Å². The van der Waals surface area contributed by atoms with E-state index in [2.05, 4.69) is 11.4 Å².